The SMILES string of the molecule is COc1cc(C(F)(F)F)cc(O)c1-c1nnc2c(ncn2[C@@H]2CCCN(C)C2)c1C. The molecule has 30 heavy (non-hydrogen) atoms. The largest absolute Gasteiger partial charge is 0.507 e. The number of nitrogens with zero attached hydrogens (tertiary/aromatic N) is 5. The van der Waals surface area contributed by atoms with E-state index in [4.69, 9.17) is 4.74 Å². The van der Waals surface area contributed by atoms with Gasteiger partial charge in [0.1, 0.15) is 22.7 Å². The molecular formula is C20H22F3N5O2. The first-order valence-corrected chi connectivity index (χ1v) is 9.57. The highest BCUT2D eigenvalue weighted by Crippen LogP contribution is 2.44. The molecule has 0 aliphatic carbocycles. The summed E-state index contributed by atoms with van der Waals surface area (Å²) in [6, 6.07) is 1.73. The van der Waals surface area contributed by atoms with Crippen LogP contribution in [0.25, 0.3) is 22.4 Å². The number of benzene rings is 1. The summed E-state index contributed by atoms with van der Waals surface area (Å²) in [5.74, 6) is -0.709. The maximum absolute atomic E-state index is 13.1. The van der Waals surface area contributed by atoms with Crippen LogP contribution in [0, 0.1) is 6.92 Å². The first kappa shape index (κ1) is 20.4. The van der Waals surface area contributed by atoms with Crippen LogP contribution in [0.5, 0.6) is 11.5 Å². The zero-order valence-corrected chi connectivity index (χ0v) is 16.9. The van der Waals surface area contributed by atoms with Crippen molar-refractivity contribution in [2.24, 2.45) is 0 Å². The van der Waals surface area contributed by atoms with Crippen LogP contribution in [0.15, 0.2) is 18.5 Å². The Balaban J connectivity index is 1.82. The molecule has 1 N–H and O–H groups in total. The summed E-state index contributed by atoms with van der Waals surface area (Å²) in [5.41, 5.74) is 1.10. The Morgan fingerprint density at radius 2 is 2.00 bits per heavy atom. The lowest BCUT2D eigenvalue weighted by Crippen LogP contribution is -2.33. The summed E-state index contributed by atoms with van der Waals surface area (Å²) in [6.07, 6.45) is -0.808. The van der Waals surface area contributed by atoms with Crippen LogP contribution in [-0.2, 0) is 6.18 Å². The van der Waals surface area contributed by atoms with E-state index in [0.717, 1.165) is 32.0 Å². The van der Waals surface area contributed by atoms with Crippen molar-refractivity contribution in [3.63, 3.8) is 0 Å². The molecule has 10 heteroatoms. The number of hydrogen-bond donors (Lipinski definition) is 1. The molecule has 0 spiro atoms. The zero-order valence-electron chi connectivity index (χ0n) is 16.9. The first-order chi connectivity index (χ1) is 14.2. The lowest BCUT2D eigenvalue weighted by Gasteiger charge is -2.30. The highest BCUT2D eigenvalue weighted by molar-refractivity contribution is 5.85. The number of phenols is 1. The van der Waals surface area contributed by atoms with Gasteiger partial charge in [-0.05, 0) is 45.5 Å². The van der Waals surface area contributed by atoms with Crippen molar-refractivity contribution in [3.8, 4) is 22.8 Å². The molecule has 0 saturated carbocycles. The molecule has 0 unspecified atom stereocenters. The summed E-state index contributed by atoms with van der Waals surface area (Å²) in [6.45, 7) is 3.68. The van der Waals surface area contributed by atoms with Gasteiger partial charge in [-0.1, -0.05) is 0 Å². The number of halogens is 3. The molecule has 3 heterocycles. The van der Waals surface area contributed by atoms with Crippen molar-refractivity contribution in [2.75, 3.05) is 27.2 Å². The zero-order chi connectivity index (χ0) is 21.6. The van der Waals surface area contributed by atoms with E-state index in [1.165, 1.54) is 7.11 Å². The van der Waals surface area contributed by atoms with E-state index < -0.39 is 17.5 Å². The molecular weight excluding hydrogens is 399 g/mol. The van der Waals surface area contributed by atoms with E-state index in [-0.39, 0.29) is 23.0 Å². The summed E-state index contributed by atoms with van der Waals surface area (Å²) < 4.78 is 46.4. The van der Waals surface area contributed by atoms with Gasteiger partial charge < -0.3 is 19.3 Å². The number of hydrogen-bond acceptors (Lipinski definition) is 6. The molecule has 1 fully saturated rings. The Labute approximate surface area is 171 Å². The fourth-order valence-corrected chi connectivity index (χ4v) is 4.04. The number of fused-ring (bicyclic) bond motifs is 1. The number of aromatic nitrogens is 4. The van der Waals surface area contributed by atoms with Crippen molar-refractivity contribution in [1.82, 2.24) is 24.6 Å². The predicted octanol–water partition coefficient (Wildman–Crippen LogP) is 3.80. The van der Waals surface area contributed by atoms with Gasteiger partial charge in [0.05, 0.1) is 24.6 Å². The van der Waals surface area contributed by atoms with E-state index >= 15 is 0 Å². The van der Waals surface area contributed by atoms with Crippen LogP contribution >= 0.6 is 0 Å². The van der Waals surface area contributed by atoms with E-state index in [1.807, 2.05) is 4.57 Å². The number of imidazole rings is 1. The van der Waals surface area contributed by atoms with Gasteiger partial charge in [-0.2, -0.15) is 13.2 Å². The van der Waals surface area contributed by atoms with E-state index in [0.29, 0.717) is 22.8 Å². The Hall–Kier alpha value is -2.88. The minimum Gasteiger partial charge on any atom is -0.507 e. The standard InChI is InChI=1S/C20H22F3N5O2/c1-11-17(16-14(29)7-12(20(21,22)23)8-15(16)30-3)25-26-19-18(11)24-10-28(19)13-5-4-6-27(2)9-13/h7-8,10,13,29H,4-6,9H2,1-3H3/t13-/m1/s1. The monoisotopic (exact) mass is 421 g/mol. The maximum atomic E-state index is 13.1. The fraction of sp³-hybridized carbons (Fsp3) is 0.450. The number of methoxy groups -OCH3 is 1. The number of aromatic hydroxyl groups is 1. The Morgan fingerprint density at radius 1 is 1.23 bits per heavy atom. The fourth-order valence-electron chi connectivity index (χ4n) is 4.04. The quantitative estimate of drug-likeness (QED) is 0.693. The number of alkyl halides is 3. The number of likely N-dealkylation sites (N-methyl/N-ethyl adjacent to an activating group) is 1. The van der Waals surface area contributed by atoms with Gasteiger partial charge in [0.15, 0.2) is 5.65 Å². The average Bonchev–Trinajstić information content (AvgIpc) is 3.12. The van der Waals surface area contributed by atoms with Gasteiger partial charge in [-0.15, -0.1) is 10.2 Å². The van der Waals surface area contributed by atoms with Gasteiger partial charge in [0, 0.05) is 18.2 Å². The van der Waals surface area contributed by atoms with Gasteiger partial charge in [0.2, 0.25) is 0 Å². The number of phenolic OH excluding ortho intramolecular Hbond substituents is 1. The number of aryl methyl sites for hydroxylation is 1. The predicted molar refractivity (Wildman–Crippen MR) is 104 cm³/mol. The van der Waals surface area contributed by atoms with Crippen molar-refractivity contribution < 1.29 is 23.0 Å². The number of rotatable bonds is 3. The van der Waals surface area contributed by atoms with Gasteiger partial charge in [-0.25, -0.2) is 4.98 Å². The molecule has 0 bridgehead atoms. The second-order valence-electron chi connectivity index (χ2n) is 7.63. The molecule has 1 aromatic carbocycles. The molecule has 3 aromatic rings. The summed E-state index contributed by atoms with van der Waals surface area (Å²) >= 11 is 0. The lowest BCUT2D eigenvalue weighted by atomic mass is 10.0. The third-order valence-electron chi connectivity index (χ3n) is 5.58. The van der Waals surface area contributed by atoms with Crippen molar-refractivity contribution in [3.05, 3.63) is 29.6 Å². The number of ether oxygens (including phenoxy) is 1. The molecule has 1 aliphatic rings. The summed E-state index contributed by atoms with van der Waals surface area (Å²) in [5, 5.41) is 18.9. The van der Waals surface area contributed by atoms with E-state index in [2.05, 4.69) is 27.1 Å². The van der Waals surface area contributed by atoms with Crippen LogP contribution in [0.3, 0.4) is 0 Å². The average molecular weight is 421 g/mol. The molecule has 0 radical (unpaired) electrons. The van der Waals surface area contributed by atoms with Crippen LogP contribution in [0.4, 0.5) is 13.2 Å². The van der Waals surface area contributed by atoms with E-state index in [1.54, 1.807) is 13.3 Å². The van der Waals surface area contributed by atoms with Gasteiger partial charge in [-0.3, -0.25) is 0 Å². The Morgan fingerprint density at radius 3 is 2.67 bits per heavy atom. The Kier molecular flexibility index (Phi) is 5.05. The maximum Gasteiger partial charge on any atom is 0.416 e. The minimum atomic E-state index is -4.61. The molecule has 2 aromatic heterocycles. The highest BCUT2D eigenvalue weighted by Gasteiger charge is 2.33. The highest BCUT2D eigenvalue weighted by atomic mass is 19.4. The first-order valence-electron chi connectivity index (χ1n) is 9.57. The molecule has 7 nitrogen and oxygen atoms in total. The van der Waals surface area contributed by atoms with Crippen LogP contribution in [0.1, 0.15) is 30.0 Å². The minimum absolute atomic E-state index is 0.0596. The molecule has 4 rings (SSSR count). The number of likely N-dealkylation sites (tertiary alicyclic amines) is 1. The van der Waals surface area contributed by atoms with Crippen LogP contribution in [0.2, 0.25) is 0 Å². The molecule has 160 valence electrons. The van der Waals surface area contributed by atoms with Crippen LogP contribution in [-0.4, -0.2) is 57.0 Å². The Bertz CT molecular complexity index is 1100. The molecule has 1 saturated heterocycles. The lowest BCUT2D eigenvalue weighted by molar-refractivity contribution is -0.137. The second-order valence-corrected chi connectivity index (χ2v) is 7.63. The molecule has 1 atom stereocenters. The van der Waals surface area contributed by atoms with E-state index in [9.17, 15) is 18.3 Å². The third kappa shape index (κ3) is 3.45. The van der Waals surface area contributed by atoms with Gasteiger partial charge in [0.25, 0.3) is 0 Å². The normalized spacial score (nSPS) is 18.1. The summed E-state index contributed by atoms with van der Waals surface area (Å²) in [4.78, 5) is 6.74. The van der Waals surface area contributed by atoms with Crippen LogP contribution < -0.4 is 4.74 Å². The molecule has 0 amide bonds. The molecule has 1 aliphatic heterocycles. The number of piperidine rings is 1. The summed E-state index contributed by atoms with van der Waals surface area (Å²) in [7, 11) is 3.31. The van der Waals surface area contributed by atoms with Crippen molar-refractivity contribution in [1.29, 1.82) is 0 Å². The third-order valence-corrected chi connectivity index (χ3v) is 5.58. The second kappa shape index (κ2) is 7.42. The topological polar surface area (TPSA) is 76.3 Å². The van der Waals surface area contributed by atoms with Crippen molar-refractivity contribution >= 4 is 11.2 Å². The van der Waals surface area contributed by atoms with Gasteiger partial charge >= 0.3 is 6.18 Å². The van der Waals surface area contributed by atoms with Crippen molar-refractivity contribution in [2.45, 2.75) is 32.0 Å². The smallest absolute Gasteiger partial charge is 0.416 e.